The highest BCUT2D eigenvalue weighted by atomic mass is 15.1. The first-order valence-electron chi connectivity index (χ1n) is 5.48. The Kier molecular flexibility index (Phi) is 2.46. The number of aromatic nitrogens is 3. The lowest BCUT2D eigenvalue weighted by atomic mass is 10.1. The van der Waals surface area contributed by atoms with E-state index in [2.05, 4.69) is 38.7 Å². The summed E-state index contributed by atoms with van der Waals surface area (Å²) in [5.74, 6) is 0. The molecule has 84 valence electrons. The molecule has 3 aromatic rings. The van der Waals surface area contributed by atoms with Crippen molar-refractivity contribution in [2.75, 3.05) is 5.32 Å². The molecule has 0 bridgehead atoms. The average Bonchev–Trinajstić information content (AvgIpc) is 2.89. The predicted octanol–water partition coefficient (Wildman–Crippen LogP) is 2.57. The fourth-order valence-electron chi connectivity index (χ4n) is 1.79. The van der Waals surface area contributed by atoms with E-state index in [1.54, 1.807) is 6.20 Å². The van der Waals surface area contributed by atoms with Crippen molar-refractivity contribution in [2.45, 2.75) is 6.54 Å². The van der Waals surface area contributed by atoms with Crippen molar-refractivity contribution in [3.8, 4) is 0 Å². The molecular formula is C13H12N4. The van der Waals surface area contributed by atoms with Crippen molar-refractivity contribution in [3.05, 3.63) is 54.5 Å². The molecule has 0 fully saturated rings. The topological polar surface area (TPSA) is 53.6 Å². The molecule has 0 aliphatic heterocycles. The maximum absolute atomic E-state index is 4.30. The van der Waals surface area contributed by atoms with E-state index in [0.717, 1.165) is 17.7 Å². The Morgan fingerprint density at radius 3 is 3.12 bits per heavy atom. The van der Waals surface area contributed by atoms with Gasteiger partial charge in [0.2, 0.25) is 0 Å². The lowest BCUT2D eigenvalue weighted by Crippen LogP contribution is -1.98. The molecule has 0 aliphatic carbocycles. The largest absolute Gasteiger partial charge is 0.378 e. The summed E-state index contributed by atoms with van der Waals surface area (Å²) in [5.41, 5.74) is 3.25. The fourth-order valence-corrected chi connectivity index (χ4v) is 1.79. The van der Waals surface area contributed by atoms with Gasteiger partial charge in [0.25, 0.3) is 0 Å². The number of pyridine rings is 1. The zero-order chi connectivity index (χ0) is 11.5. The molecule has 0 atom stereocenters. The van der Waals surface area contributed by atoms with Gasteiger partial charge in [-0.3, -0.25) is 10.1 Å². The monoisotopic (exact) mass is 224 g/mol. The van der Waals surface area contributed by atoms with E-state index < -0.39 is 0 Å². The molecule has 2 heterocycles. The number of aromatic amines is 1. The number of hydrogen-bond donors (Lipinski definition) is 2. The molecule has 0 spiro atoms. The van der Waals surface area contributed by atoms with Gasteiger partial charge >= 0.3 is 0 Å². The van der Waals surface area contributed by atoms with Gasteiger partial charge < -0.3 is 5.32 Å². The molecule has 4 heteroatoms. The second-order valence-corrected chi connectivity index (χ2v) is 3.87. The van der Waals surface area contributed by atoms with Gasteiger partial charge in [0.1, 0.15) is 0 Å². The molecule has 1 aromatic carbocycles. The number of anilines is 1. The van der Waals surface area contributed by atoms with Crippen LogP contribution in [-0.2, 0) is 6.54 Å². The molecule has 17 heavy (non-hydrogen) atoms. The summed E-state index contributed by atoms with van der Waals surface area (Å²) in [7, 11) is 0. The third-order valence-electron chi connectivity index (χ3n) is 2.66. The fraction of sp³-hybridized carbons (Fsp3) is 0.0769. The number of H-pyrrole nitrogens is 1. The van der Waals surface area contributed by atoms with E-state index in [9.17, 15) is 0 Å². The molecule has 0 saturated carbocycles. The molecule has 2 aromatic heterocycles. The van der Waals surface area contributed by atoms with Crippen LogP contribution in [-0.4, -0.2) is 15.2 Å². The van der Waals surface area contributed by atoms with Crippen LogP contribution in [0.25, 0.3) is 10.9 Å². The van der Waals surface area contributed by atoms with E-state index >= 15 is 0 Å². The molecule has 0 unspecified atom stereocenters. The minimum Gasteiger partial charge on any atom is -0.378 e. The minimum absolute atomic E-state index is 0.782. The number of hydrogen-bond acceptors (Lipinski definition) is 3. The summed E-state index contributed by atoms with van der Waals surface area (Å²) < 4.78 is 0. The van der Waals surface area contributed by atoms with Crippen molar-refractivity contribution in [2.24, 2.45) is 0 Å². The predicted molar refractivity (Wildman–Crippen MR) is 67.7 cm³/mol. The van der Waals surface area contributed by atoms with Gasteiger partial charge in [0.15, 0.2) is 0 Å². The summed E-state index contributed by atoms with van der Waals surface area (Å²) in [6.45, 7) is 0.782. The van der Waals surface area contributed by atoms with E-state index in [1.165, 1.54) is 10.9 Å². The first kappa shape index (κ1) is 9.84. The maximum Gasteiger partial charge on any atom is 0.0726 e. The lowest BCUT2D eigenvalue weighted by molar-refractivity contribution is 1.09. The molecule has 0 amide bonds. The van der Waals surface area contributed by atoms with Crippen LogP contribution in [0.1, 0.15) is 5.56 Å². The van der Waals surface area contributed by atoms with Crippen molar-refractivity contribution in [3.63, 3.8) is 0 Å². The van der Waals surface area contributed by atoms with Gasteiger partial charge in [-0.1, -0.05) is 12.1 Å². The Bertz CT molecular complexity index is 616. The maximum atomic E-state index is 4.30. The van der Waals surface area contributed by atoms with Gasteiger partial charge in [-0.2, -0.15) is 5.10 Å². The normalized spacial score (nSPS) is 10.6. The Hall–Kier alpha value is -2.36. The van der Waals surface area contributed by atoms with Crippen molar-refractivity contribution < 1.29 is 0 Å². The standard InChI is InChI=1S/C13H12N4/c1-2-11-6-10(3-4-13(11)14-5-1)7-15-12-8-16-17-9-12/h1-6,8-9,15H,7H2,(H,16,17). The SMILES string of the molecule is c1cnc2ccc(CNc3cn[nH]c3)cc2c1. The Balaban J connectivity index is 1.81. The lowest BCUT2D eigenvalue weighted by Gasteiger charge is -2.04. The van der Waals surface area contributed by atoms with Crippen LogP contribution >= 0.6 is 0 Å². The van der Waals surface area contributed by atoms with Gasteiger partial charge in [-0.05, 0) is 23.8 Å². The summed E-state index contributed by atoms with van der Waals surface area (Å²) in [6.07, 6.45) is 5.41. The second-order valence-electron chi connectivity index (χ2n) is 3.87. The zero-order valence-corrected chi connectivity index (χ0v) is 9.22. The molecule has 0 aliphatic rings. The highest BCUT2D eigenvalue weighted by Gasteiger charge is 1.97. The van der Waals surface area contributed by atoms with Crippen molar-refractivity contribution >= 4 is 16.6 Å². The molecular weight excluding hydrogens is 212 g/mol. The van der Waals surface area contributed by atoms with Gasteiger partial charge in [-0.25, -0.2) is 0 Å². The summed E-state index contributed by atoms with van der Waals surface area (Å²) in [6, 6.07) is 10.3. The highest BCUT2D eigenvalue weighted by molar-refractivity contribution is 5.78. The molecule has 3 rings (SSSR count). The quantitative estimate of drug-likeness (QED) is 0.719. The van der Waals surface area contributed by atoms with Crippen molar-refractivity contribution in [1.82, 2.24) is 15.2 Å². The summed E-state index contributed by atoms with van der Waals surface area (Å²) >= 11 is 0. The molecule has 2 N–H and O–H groups in total. The van der Waals surface area contributed by atoms with Gasteiger partial charge in [-0.15, -0.1) is 0 Å². The molecule has 4 nitrogen and oxygen atoms in total. The third kappa shape index (κ3) is 2.10. The van der Waals surface area contributed by atoms with Crippen LogP contribution in [0, 0.1) is 0 Å². The van der Waals surface area contributed by atoms with Crippen LogP contribution in [0.5, 0.6) is 0 Å². The van der Waals surface area contributed by atoms with E-state index in [4.69, 9.17) is 0 Å². The minimum atomic E-state index is 0.782. The smallest absolute Gasteiger partial charge is 0.0726 e. The second kappa shape index (κ2) is 4.25. The molecule has 0 saturated heterocycles. The number of fused-ring (bicyclic) bond motifs is 1. The van der Waals surface area contributed by atoms with Crippen LogP contribution in [0.4, 0.5) is 5.69 Å². The van der Waals surface area contributed by atoms with Crippen LogP contribution in [0.15, 0.2) is 48.9 Å². The summed E-state index contributed by atoms with van der Waals surface area (Å²) in [5, 5.41) is 11.1. The number of benzene rings is 1. The highest BCUT2D eigenvalue weighted by Crippen LogP contribution is 2.14. The number of nitrogens with zero attached hydrogens (tertiary/aromatic N) is 2. The number of nitrogens with one attached hydrogen (secondary N) is 2. The Labute approximate surface area is 98.7 Å². The van der Waals surface area contributed by atoms with Crippen LogP contribution in [0.3, 0.4) is 0 Å². The van der Waals surface area contributed by atoms with Crippen LogP contribution < -0.4 is 5.32 Å². The number of rotatable bonds is 3. The third-order valence-corrected chi connectivity index (χ3v) is 2.66. The molecule has 0 radical (unpaired) electrons. The van der Waals surface area contributed by atoms with Crippen molar-refractivity contribution in [1.29, 1.82) is 0 Å². The van der Waals surface area contributed by atoms with Crippen LogP contribution in [0.2, 0.25) is 0 Å². The first-order valence-corrected chi connectivity index (χ1v) is 5.48. The Morgan fingerprint density at radius 2 is 2.24 bits per heavy atom. The average molecular weight is 224 g/mol. The first-order chi connectivity index (χ1) is 8.42. The van der Waals surface area contributed by atoms with Gasteiger partial charge in [0, 0.05) is 24.3 Å². The van der Waals surface area contributed by atoms with E-state index in [0.29, 0.717) is 0 Å². The van der Waals surface area contributed by atoms with E-state index in [1.807, 2.05) is 24.5 Å². The Morgan fingerprint density at radius 1 is 1.24 bits per heavy atom. The van der Waals surface area contributed by atoms with E-state index in [-0.39, 0.29) is 0 Å². The summed E-state index contributed by atoms with van der Waals surface area (Å²) in [4.78, 5) is 4.30. The zero-order valence-electron chi connectivity index (χ0n) is 9.22. The van der Waals surface area contributed by atoms with Gasteiger partial charge in [0.05, 0.1) is 17.4 Å².